The Morgan fingerprint density at radius 1 is 0.383 bits per heavy atom. The van der Waals surface area contributed by atoms with Crippen LogP contribution in [-0.4, -0.2) is 170 Å². The van der Waals surface area contributed by atoms with Crippen LogP contribution in [0.3, 0.4) is 0 Å². The highest BCUT2D eigenvalue weighted by Gasteiger charge is 2.17. The van der Waals surface area contributed by atoms with Gasteiger partial charge in [-0.15, -0.1) is 11.6 Å². The largest absolute Gasteiger partial charge is 0.457 e. The van der Waals surface area contributed by atoms with E-state index < -0.39 is 11.8 Å². The van der Waals surface area contributed by atoms with Gasteiger partial charge in [-0.3, -0.25) is 4.79 Å². The maximum absolute atomic E-state index is 11.9. The number of ether oxygens (including phenoxy) is 12. The summed E-state index contributed by atoms with van der Waals surface area (Å²) in [7, 11) is 0. The van der Waals surface area contributed by atoms with E-state index in [-0.39, 0.29) is 13.2 Å². The first kappa shape index (κ1) is 43.2. The smallest absolute Gasteiger partial charge is 0.379 e. The first-order chi connectivity index (χ1) is 23.3. The average Bonchev–Trinajstić information content (AvgIpc) is 3.10. The van der Waals surface area contributed by atoms with E-state index in [9.17, 15) is 9.59 Å². The Morgan fingerprint density at radius 3 is 0.915 bits per heavy atom. The molecule has 0 aliphatic heterocycles. The van der Waals surface area contributed by atoms with Gasteiger partial charge in [-0.05, 0) is 0 Å². The fraction of sp³-hybridized carbons (Fsp3) is 0.750. The van der Waals surface area contributed by atoms with E-state index in [1.807, 2.05) is 0 Å². The fourth-order valence-corrected chi connectivity index (χ4v) is 3.43. The Kier molecular flexibility index (Phi) is 32.7. The number of rotatable bonds is 37. The van der Waals surface area contributed by atoms with Gasteiger partial charge in [-0.25, -0.2) is 4.79 Å². The number of Topliss-reactive ketones (excluding diaryl/α,β-unsaturated/α-hetero) is 1. The van der Waals surface area contributed by atoms with Crippen LogP contribution in [0.25, 0.3) is 0 Å². The molecule has 0 fully saturated rings. The molecule has 15 heteroatoms. The van der Waals surface area contributed by atoms with Crippen molar-refractivity contribution in [3.8, 4) is 0 Å². The number of halogens is 1. The van der Waals surface area contributed by atoms with Crippen LogP contribution in [0, 0.1) is 0 Å². The molecule has 1 rings (SSSR count). The summed E-state index contributed by atoms with van der Waals surface area (Å²) in [4.78, 5) is 23.6. The Balaban J connectivity index is 1.66. The van der Waals surface area contributed by atoms with Crippen LogP contribution in [-0.2, 0) is 61.6 Å². The zero-order valence-electron chi connectivity index (χ0n) is 27.5. The zero-order valence-corrected chi connectivity index (χ0v) is 28.2. The van der Waals surface area contributed by atoms with Crippen molar-refractivity contribution < 1.29 is 66.4 Å². The van der Waals surface area contributed by atoms with Gasteiger partial charge in [0, 0.05) is 11.4 Å². The molecule has 0 spiro atoms. The molecule has 0 aliphatic carbocycles. The molecule has 0 atom stereocenters. The lowest BCUT2D eigenvalue weighted by Crippen LogP contribution is -2.20. The maximum Gasteiger partial charge on any atom is 0.379 e. The molecule has 272 valence electrons. The minimum absolute atomic E-state index is 0.00359. The van der Waals surface area contributed by atoms with Crippen molar-refractivity contribution >= 4 is 23.4 Å². The van der Waals surface area contributed by atoms with Crippen LogP contribution >= 0.6 is 11.6 Å². The van der Waals surface area contributed by atoms with Gasteiger partial charge in [-0.1, -0.05) is 30.3 Å². The van der Waals surface area contributed by atoms with Crippen LogP contribution in [0.2, 0.25) is 0 Å². The van der Waals surface area contributed by atoms with Crippen molar-refractivity contribution in [3.63, 3.8) is 0 Å². The van der Waals surface area contributed by atoms with Crippen LogP contribution < -0.4 is 0 Å². The van der Waals surface area contributed by atoms with Crippen LogP contribution in [0.1, 0.15) is 10.4 Å². The minimum atomic E-state index is -0.898. The van der Waals surface area contributed by atoms with Crippen molar-refractivity contribution in [1.29, 1.82) is 0 Å². The lowest BCUT2D eigenvalue weighted by Gasteiger charge is -2.09. The summed E-state index contributed by atoms with van der Waals surface area (Å²) in [6.45, 7) is 10.2. The molecule has 0 unspecified atom stereocenters. The van der Waals surface area contributed by atoms with Crippen molar-refractivity contribution in [3.05, 3.63) is 35.9 Å². The fourth-order valence-electron chi connectivity index (χ4n) is 3.32. The van der Waals surface area contributed by atoms with E-state index in [4.69, 9.17) is 68.4 Å². The molecule has 47 heavy (non-hydrogen) atoms. The second kappa shape index (κ2) is 35.5. The third-order valence-corrected chi connectivity index (χ3v) is 5.78. The van der Waals surface area contributed by atoms with Crippen molar-refractivity contribution in [2.45, 2.75) is 0 Å². The van der Waals surface area contributed by atoms with Crippen molar-refractivity contribution in [2.75, 3.05) is 158 Å². The minimum Gasteiger partial charge on any atom is -0.457 e. The molecule has 1 aromatic carbocycles. The van der Waals surface area contributed by atoms with E-state index in [2.05, 4.69) is 0 Å². The highest BCUT2D eigenvalue weighted by Crippen LogP contribution is 2.01. The number of benzene rings is 1. The summed E-state index contributed by atoms with van der Waals surface area (Å²) < 4.78 is 64.3. The lowest BCUT2D eigenvalue weighted by molar-refractivity contribution is -0.139. The van der Waals surface area contributed by atoms with Crippen LogP contribution in [0.15, 0.2) is 30.3 Å². The molecule has 0 bridgehead atoms. The average molecular weight is 697 g/mol. The molecular formula is C32H53ClO14. The Morgan fingerprint density at radius 2 is 0.638 bits per heavy atom. The molecule has 0 amide bonds. The van der Waals surface area contributed by atoms with E-state index in [1.54, 1.807) is 30.3 Å². The second-order valence-corrected chi connectivity index (χ2v) is 9.63. The van der Waals surface area contributed by atoms with Crippen LogP contribution in [0.5, 0.6) is 0 Å². The predicted octanol–water partition coefficient (Wildman–Crippen LogP) is 1.83. The first-order valence-electron chi connectivity index (χ1n) is 15.9. The van der Waals surface area contributed by atoms with E-state index in [0.29, 0.717) is 150 Å². The van der Waals surface area contributed by atoms with Crippen molar-refractivity contribution in [1.82, 2.24) is 0 Å². The Labute approximate surface area is 283 Å². The molecule has 1 aromatic rings. The number of hydrogen-bond donors (Lipinski definition) is 0. The van der Waals surface area contributed by atoms with Gasteiger partial charge in [0.25, 0.3) is 5.78 Å². The third kappa shape index (κ3) is 30.0. The summed E-state index contributed by atoms with van der Waals surface area (Å²) in [6.07, 6.45) is 0. The maximum atomic E-state index is 11.9. The normalized spacial score (nSPS) is 11.3. The Hall–Kier alpha value is -1.79. The van der Waals surface area contributed by atoms with E-state index in [1.165, 1.54) is 0 Å². The van der Waals surface area contributed by atoms with E-state index in [0.717, 1.165) is 0 Å². The number of carbonyl (C=O) groups is 2. The summed E-state index contributed by atoms with van der Waals surface area (Å²) >= 11 is 5.51. The third-order valence-electron chi connectivity index (χ3n) is 5.62. The van der Waals surface area contributed by atoms with Crippen LogP contribution in [0.4, 0.5) is 0 Å². The summed E-state index contributed by atoms with van der Waals surface area (Å²) in [5.41, 5.74) is 0.295. The van der Waals surface area contributed by atoms with Gasteiger partial charge in [0.2, 0.25) is 0 Å². The molecule has 0 heterocycles. The van der Waals surface area contributed by atoms with Gasteiger partial charge in [0.1, 0.15) is 6.61 Å². The number of alkyl halides is 1. The highest BCUT2D eigenvalue weighted by molar-refractivity contribution is 6.40. The molecule has 0 N–H and O–H groups in total. The molecule has 0 aliphatic rings. The van der Waals surface area contributed by atoms with Gasteiger partial charge in [0.05, 0.1) is 145 Å². The molecule has 14 nitrogen and oxygen atoms in total. The summed E-state index contributed by atoms with van der Waals surface area (Å²) in [5.74, 6) is -1.08. The topological polar surface area (TPSA) is 145 Å². The molecule has 0 saturated carbocycles. The number of esters is 1. The highest BCUT2D eigenvalue weighted by atomic mass is 35.5. The molecule has 0 saturated heterocycles. The predicted molar refractivity (Wildman–Crippen MR) is 171 cm³/mol. The first-order valence-corrected chi connectivity index (χ1v) is 16.5. The monoisotopic (exact) mass is 696 g/mol. The summed E-state index contributed by atoms with van der Waals surface area (Å²) in [5, 5.41) is 0. The standard InChI is InChI=1S/C32H53ClO14/c33-6-7-36-8-9-37-10-11-38-12-13-39-14-15-40-16-17-41-18-19-42-20-21-43-22-23-44-24-25-45-26-27-46-28-29-47-32(35)31(34)30-4-2-1-3-5-30/h1-5H,6-29H2. The van der Waals surface area contributed by atoms with Gasteiger partial charge in [-0.2, -0.15) is 0 Å². The van der Waals surface area contributed by atoms with Crippen molar-refractivity contribution in [2.24, 2.45) is 0 Å². The quantitative estimate of drug-likeness (QED) is 0.0328. The Bertz CT molecular complexity index is 820. The molecule has 0 aromatic heterocycles. The number of ketones is 1. The van der Waals surface area contributed by atoms with Gasteiger partial charge >= 0.3 is 5.97 Å². The SMILES string of the molecule is O=C(OCCOCCOCCOCCOCCOCCOCCOCCOCCOCCOCCOCCCl)C(=O)c1ccccc1. The lowest BCUT2D eigenvalue weighted by atomic mass is 10.1. The number of carbonyl (C=O) groups excluding carboxylic acids is 2. The van der Waals surface area contributed by atoms with E-state index >= 15 is 0 Å². The zero-order chi connectivity index (χ0) is 33.7. The summed E-state index contributed by atoms with van der Waals surface area (Å²) in [6, 6.07) is 8.25. The molecule has 0 radical (unpaired) electrons. The van der Waals surface area contributed by atoms with Gasteiger partial charge in [0.15, 0.2) is 0 Å². The second-order valence-electron chi connectivity index (χ2n) is 9.26. The molecular weight excluding hydrogens is 644 g/mol. The van der Waals surface area contributed by atoms with Gasteiger partial charge < -0.3 is 56.8 Å². The number of hydrogen-bond acceptors (Lipinski definition) is 14.